The van der Waals surface area contributed by atoms with Crippen LogP contribution in [0.1, 0.15) is 31.1 Å². The van der Waals surface area contributed by atoms with Crippen molar-refractivity contribution in [2.75, 3.05) is 17.2 Å². The molecule has 2 N–H and O–H groups in total. The Labute approximate surface area is 170 Å². The summed E-state index contributed by atoms with van der Waals surface area (Å²) in [6.07, 6.45) is 3.25. The molecule has 29 heavy (non-hydrogen) atoms. The van der Waals surface area contributed by atoms with Gasteiger partial charge in [-0.05, 0) is 51.1 Å². The lowest BCUT2D eigenvalue weighted by atomic mass is 10.2. The van der Waals surface area contributed by atoms with Crippen molar-refractivity contribution in [3.05, 3.63) is 72.6 Å². The Morgan fingerprint density at radius 1 is 1.00 bits per heavy atom. The van der Waals surface area contributed by atoms with Gasteiger partial charge in [0, 0.05) is 6.20 Å². The van der Waals surface area contributed by atoms with Crippen molar-refractivity contribution in [1.29, 1.82) is 0 Å². The number of rotatable bonds is 8. The third-order valence-corrected chi connectivity index (χ3v) is 3.96. The van der Waals surface area contributed by atoms with Crippen LogP contribution in [0.4, 0.5) is 17.1 Å². The highest BCUT2D eigenvalue weighted by Crippen LogP contribution is 2.29. The van der Waals surface area contributed by atoms with Crippen LogP contribution in [-0.2, 0) is 0 Å². The van der Waals surface area contributed by atoms with Crippen molar-refractivity contribution in [2.45, 2.75) is 26.9 Å². The highest BCUT2D eigenvalue weighted by Gasteiger charge is 2.12. The van der Waals surface area contributed by atoms with Crippen molar-refractivity contribution in [3.8, 4) is 11.5 Å². The first kappa shape index (κ1) is 20.2. The minimum atomic E-state index is -0.264. The van der Waals surface area contributed by atoms with Gasteiger partial charge in [-0.1, -0.05) is 24.3 Å². The number of carbonyl (C=O) groups excluding carboxylic acids is 1. The molecule has 150 valence electrons. The minimum Gasteiger partial charge on any atom is -0.492 e. The summed E-state index contributed by atoms with van der Waals surface area (Å²) in [4.78, 5) is 16.9. The number of hydrogen-bond acceptors (Lipinski definition) is 5. The molecule has 0 aliphatic rings. The molecule has 0 bridgehead atoms. The molecule has 6 nitrogen and oxygen atoms in total. The number of nitrogens with zero attached hydrogens (tertiary/aromatic N) is 1. The number of amides is 1. The minimum absolute atomic E-state index is 0.0543. The second kappa shape index (κ2) is 9.59. The summed E-state index contributed by atoms with van der Waals surface area (Å²) in [6, 6.07) is 16.7. The molecule has 0 saturated carbocycles. The zero-order valence-corrected chi connectivity index (χ0v) is 16.8. The van der Waals surface area contributed by atoms with Crippen molar-refractivity contribution in [3.63, 3.8) is 0 Å². The molecular weight excluding hydrogens is 366 g/mol. The lowest BCUT2D eigenvalue weighted by Gasteiger charge is -2.16. The Hall–Kier alpha value is -3.54. The predicted molar refractivity (Wildman–Crippen MR) is 115 cm³/mol. The van der Waals surface area contributed by atoms with Gasteiger partial charge in [-0.15, -0.1) is 0 Å². The largest absolute Gasteiger partial charge is 0.492 e. The van der Waals surface area contributed by atoms with E-state index in [9.17, 15) is 4.79 Å². The van der Waals surface area contributed by atoms with Gasteiger partial charge in [0.25, 0.3) is 5.91 Å². The smallest absolute Gasteiger partial charge is 0.257 e. The van der Waals surface area contributed by atoms with E-state index in [2.05, 4.69) is 15.6 Å². The van der Waals surface area contributed by atoms with Crippen molar-refractivity contribution in [2.24, 2.45) is 0 Å². The van der Waals surface area contributed by atoms with E-state index in [1.807, 2.05) is 63.2 Å². The zero-order valence-electron chi connectivity index (χ0n) is 16.8. The molecule has 0 saturated heterocycles. The molecule has 0 aliphatic heterocycles. The summed E-state index contributed by atoms with van der Waals surface area (Å²) in [5.74, 6) is 1.10. The summed E-state index contributed by atoms with van der Waals surface area (Å²) in [7, 11) is 0. The molecule has 2 aromatic carbocycles. The van der Waals surface area contributed by atoms with E-state index in [-0.39, 0.29) is 12.0 Å². The number of carbonyl (C=O) groups is 1. The Balaban J connectivity index is 1.77. The number of para-hydroxylation sites is 4. The maximum Gasteiger partial charge on any atom is 0.257 e. The second-order valence-corrected chi connectivity index (χ2v) is 6.63. The number of ether oxygens (including phenoxy) is 2. The molecule has 0 radical (unpaired) electrons. The first-order valence-corrected chi connectivity index (χ1v) is 9.57. The number of nitrogens with one attached hydrogen (secondary N) is 2. The Kier molecular flexibility index (Phi) is 6.68. The summed E-state index contributed by atoms with van der Waals surface area (Å²) in [5.41, 5.74) is 2.55. The topological polar surface area (TPSA) is 72.5 Å². The lowest BCUT2D eigenvalue weighted by Crippen LogP contribution is -2.13. The summed E-state index contributed by atoms with van der Waals surface area (Å²) in [6.45, 7) is 6.37. The second-order valence-electron chi connectivity index (χ2n) is 6.63. The van der Waals surface area contributed by atoms with E-state index < -0.39 is 0 Å². The Bertz CT molecular complexity index is 973. The van der Waals surface area contributed by atoms with Crippen LogP contribution in [-0.4, -0.2) is 23.6 Å². The van der Waals surface area contributed by atoms with E-state index in [1.165, 1.54) is 6.20 Å². The average Bonchev–Trinajstić information content (AvgIpc) is 2.71. The Morgan fingerprint density at radius 3 is 2.41 bits per heavy atom. The van der Waals surface area contributed by atoms with Crippen molar-refractivity contribution >= 4 is 23.0 Å². The highest BCUT2D eigenvalue weighted by atomic mass is 16.5. The molecule has 0 atom stereocenters. The van der Waals surface area contributed by atoms with Gasteiger partial charge < -0.3 is 20.1 Å². The van der Waals surface area contributed by atoms with E-state index >= 15 is 0 Å². The van der Waals surface area contributed by atoms with Crippen LogP contribution in [0, 0.1) is 0 Å². The fourth-order valence-corrected chi connectivity index (χ4v) is 2.76. The summed E-state index contributed by atoms with van der Waals surface area (Å²) >= 11 is 0. The fourth-order valence-electron chi connectivity index (χ4n) is 2.76. The molecule has 3 aromatic rings. The van der Waals surface area contributed by atoms with E-state index in [0.717, 1.165) is 11.4 Å². The van der Waals surface area contributed by atoms with Gasteiger partial charge in [0.1, 0.15) is 11.5 Å². The third kappa shape index (κ3) is 5.48. The molecular formula is C23H25N3O3. The van der Waals surface area contributed by atoms with Gasteiger partial charge in [0.05, 0.1) is 41.5 Å². The summed E-state index contributed by atoms with van der Waals surface area (Å²) < 4.78 is 11.4. The van der Waals surface area contributed by atoms with Crippen molar-refractivity contribution in [1.82, 2.24) is 4.98 Å². The first-order chi connectivity index (χ1) is 14.1. The van der Waals surface area contributed by atoms with Crippen LogP contribution in [0.25, 0.3) is 0 Å². The maximum atomic E-state index is 12.7. The van der Waals surface area contributed by atoms with Crippen molar-refractivity contribution < 1.29 is 14.3 Å². The number of hydrogen-bond donors (Lipinski definition) is 2. The highest BCUT2D eigenvalue weighted by molar-refractivity contribution is 6.05. The molecule has 6 heteroatoms. The molecule has 0 fully saturated rings. The zero-order chi connectivity index (χ0) is 20.6. The van der Waals surface area contributed by atoms with Gasteiger partial charge in [0.15, 0.2) is 0 Å². The van der Waals surface area contributed by atoms with Gasteiger partial charge in [-0.2, -0.15) is 0 Å². The molecule has 1 heterocycles. The van der Waals surface area contributed by atoms with Crippen LogP contribution in [0.15, 0.2) is 67.0 Å². The number of aromatic nitrogens is 1. The number of pyridine rings is 1. The SMILES string of the molecule is CCOc1ccccc1NC(=O)c1cncc(Nc2ccccc2OC(C)C)c1. The Morgan fingerprint density at radius 2 is 1.69 bits per heavy atom. The third-order valence-electron chi connectivity index (χ3n) is 3.96. The van der Waals surface area contributed by atoms with Crippen LogP contribution in [0.2, 0.25) is 0 Å². The van der Waals surface area contributed by atoms with E-state index in [4.69, 9.17) is 9.47 Å². The van der Waals surface area contributed by atoms with Crippen LogP contribution in [0.3, 0.4) is 0 Å². The number of benzene rings is 2. The quantitative estimate of drug-likeness (QED) is 0.548. The average molecular weight is 391 g/mol. The van der Waals surface area contributed by atoms with E-state index in [1.54, 1.807) is 18.3 Å². The lowest BCUT2D eigenvalue weighted by molar-refractivity contribution is 0.102. The monoisotopic (exact) mass is 391 g/mol. The molecule has 3 rings (SSSR count). The van der Waals surface area contributed by atoms with Crippen LogP contribution >= 0.6 is 0 Å². The maximum absolute atomic E-state index is 12.7. The van der Waals surface area contributed by atoms with Gasteiger partial charge >= 0.3 is 0 Å². The molecule has 0 spiro atoms. The van der Waals surface area contributed by atoms with Gasteiger partial charge in [-0.3, -0.25) is 9.78 Å². The van der Waals surface area contributed by atoms with Crippen LogP contribution in [0.5, 0.6) is 11.5 Å². The molecule has 0 aliphatic carbocycles. The van der Waals surface area contributed by atoms with Crippen LogP contribution < -0.4 is 20.1 Å². The van der Waals surface area contributed by atoms with E-state index in [0.29, 0.717) is 29.3 Å². The van der Waals surface area contributed by atoms with Gasteiger partial charge in [-0.25, -0.2) is 0 Å². The normalized spacial score (nSPS) is 10.5. The molecule has 0 unspecified atom stereocenters. The molecule has 1 amide bonds. The first-order valence-electron chi connectivity index (χ1n) is 9.57. The number of anilines is 3. The summed E-state index contributed by atoms with van der Waals surface area (Å²) in [5, 5.41) is 6.16. The molecule has 1 aromatic heterocycles. The standard InChI is InChI=1S/C23H25N3O3/c1-4-28-21-11-7-5-9-19(21)26-23(27)17-13-18(15-24-14-17)25-20-10-6-8-12-22(20)29-16(2)3/h5-16,25H,4H2,1-3H3,(H,26,27). The fraction of sp³-hybridized carbons (Fsp3) is 0.217. The predicted octanol–water partition coefficient (Wildman–Crippen LogP) is 5.26. The van der Waals surface area contributed by atoms with Gasteiger partial charge in [0.2, 0.25) is 0 Å².